The van der Waals surface area contributed by atoms with Crippen LogP contribution in [0.1, 0.15) is 11.1 Å². The molecule has 11 aromatic carbocycles. The second-order valence-electron chi connectivity index (χ2n) is 19.9. The molecular weight excluding hydrogens is 919 g/mol. The molecule has 6 aromatic heterocycles. The number of nitriles is 1. The van der Waals surface area contributed by atoms with Gasteiger partial charge < -0.3 is 27.1 Å². The van der Waals surface area contributed by atoms with Crippen molar-refractivity contribution in [2.45, 2.75) is 6.92 Å². The maximum Gasteiger partial charge on any atom is 0.136 e. The van der Waals surface area contributed by atoms with Crippen LogP contribution in [0.3, 0.4) is 0 Å². The van der Waals surface area contributed by atoms with Gasteiger partial charge in [-0.15, -0.1) is 0 Å². The summed E-state index contributed by atoms with van der Waals surface area (Å²) in [7, 11) is 0. The lowest BCUT2D eigenvalue weighted by Crippen LogP contribution is -2.16. The third kappa shape index (κ3) is 5.21. The zero-order valence-corrected chi connectivity index (χ0v) is 40.3. The lowest BCUT2D eigenvalue weighted by atomic mass is 9.99. The lowest BCUT2D eigenvalue weighted by molar-refractivity contribution is 0.669. The van der Waals surface area contributed by atoms with Crippen LogP contribution in [0.2, 0.25) is 0 Å². The van der Waals surface area contributed by atoms with Gasteiger partial charge in [0.1, 0.15) is 34.0 Å². The zero-order chi connectivity index (χ0) is 49.2. The first kappa shape index (κ1) is 40.3. The maximum absolute atomic E-state index is 12.7. The average molecular weight is 958 g/mol. The molecule has 0 saturated heterocycles. The normalized spacial score (nSPS) is 12.3. The number of furan rings is 2. The zero-order valence-electron chi connectivity index (χ0n) is 40.3. The van der Waals surface area contributed by atoms with Gasteiger partial charge >= 0.3 is 0 Å². The van der Waals surface area contributed by atoms with E-state index in [1.54, 1.807) is 0 Å². The van der Waals surface area contributed by atoms with Crippen molar-refractivity contribution in [3.63, 3.8) is 0 Å². The lowest BCUT2D eigenvalue weighted by Gasteiger charge is -2.28. The Balaban J connectivity index is 1.17. The van der Waals surface area contributed by atoms with Crippen LogP contribution in [0.15, 0.2) is 227 Å². The van der Waals surface area contributed by atoms with E-state index in [1.165, 1.54) is 0 Å². The Morgan fingerprint density at radius 2 is 0.560 bits per heavy atom. The summed E-state index contributed by atoms with van der Waals surface area (Å²) in [6.45, 7) is 2.28. The Bertz CT molecular complexity index is 4980. The van der Waals surface area contributed by atoms with E-state index in [1.807, 2.05) is 24.3 Å². The number of rotatable bonds is 4. The molecule has 7 nitrogen and oxygen atoms in total. The minimum absolute atomic E-state index is 0.533. The van der Waals surface area contributed by atoms with Crippen molar-refractivity contribution >= 4 is 131 Å². The Kier molecular flexibility index (Phi) is 7.88. The van der Waals surface area contributed by atoms with Crippen LogP contribution in [0.25, 0.3) is 154 Å². The van der Waals surface area contributed by atoms with E-state index in [2.05, 4.69) is 225 Å². The molecule has 0 aliphatic carbocycles. The fourth-order valence-corrected chi connectivity index (χ4v) is 13.1. The molecule has 7 heteroatoms. The second-order valence-corrected chi connectivity index (χ2v) is 19.9. The van der Waals surface area contributed by atoms with E-state index in [0.717, 1.165) is 159 Å². The summed E-state index contributed by atoms with van der Waals surface area (Å²) in [4.78, 5) is 0. The first-order valence-corrected chi connectivity index (χ1v) is 25.4. The van der Waals surface area contributed by atoms with Crippen LogP contribution in [0, 0.1) is 18.3 Å². The van der Waals surface area contributed by atoms with Crippen molar-refractivity contribution < 1.29 is 8.83 Å². The SMILES string of the molecule is Cc1c(-n2c3ccccc3c3cc4oc5ccccc5c4cc32)c(-n2c3ccccc3c3ccccc32)c(C#N)c(-n2c3ccccc3c3ccccc32)c1-n1c2ccccc2c2cc3oc4ccccc4c3cc21. The van der Waals surface area contributed by atoms with Gasteiger partial charge in [0.2, 0.25) is 0 Å². The topological polar surface area (TPSA) is 69.8 Å². The van der Waals surface area contributed by atoms with Gasteiger partial charge in [-0.2, -0.15) is 5.26 Å². The highest BCUT2D eigenvalue weighted by molar-refractivity contribution is 6.20. The van der Waals surface area contributed by atoms with E-state index in [4.69, 9.17) is 8.83 Å². The molecule has 0 bridgehead atoms. The first-order chi connectivity index (χ1) is 37.1. The second kappa shape index (κ2) is 14.7. The van der Waals surface area contributed by atoms with Gasteiger partial charge in [-0.1, -0.05) is 146 Å². The smallest absolute Gasteiger partial charge is 0.136 e. The molecule has 348 valence electrons. The van der Waals surface area contributed by atoms with Crippen LogP contribution >= 0.6 is 0 Å². The Morgan fingerprint density at radius 1 is 0.280 bits per heavy atom. The molecule has 0 radical (unpaired) electrons. The molecule has 0 amide bonds. The van der Waals surface area contributed by atoms with E-state index in [9.17, 15) is 5.26 Å². The highest BCUT2D eigenvalue weighted by atomic mass is 16.3. The van der Waals surface area contributed by atoms with E-state index in [0.29, 0.717) is 5.56 Å². The molecule has 0 saturated carbocycles. The summed E-state index contributed by atoms with van der Waals surface area (Å²) >= 11 is 0. The monoisotopic (exact) mass is 957 g/mol. The van der Waals surface area contributed by atoms with Gasteiger partial charge in [-0.3, -0.25) is 0 Å². The Hall–Kier alpha value is -10.3. The van der Waals surface area contributed by atoms with Crippen molar-refractivity contribution in [2.75, 3.05) is 0 Å². The van der Waals surface area contributed by atoms with Crippen LogP contribution in [0.4, 0.5) is 0 Å². The van der Waals surface area contributed by atoms with Crippen molar-refractivity contribution in [1.82, 2.24) is 18.3 Å². The Labute approximate surface area is 426 Å². The van der Waals surface area contributed by atoms with E-state index in [-0.39, 0.29) is 0 Å². The molecule has 0 N–H and O–H groups in total. The molecule has 0 unspecified atom stereocenters. The quantitative estimate of drug-likeness (QED) is 0.176. The van der Waals surface area contributed by atoms with Crippen LogP contribution in [-0.2, 0) is 0 Å². The highest BCUT2D eigenvalue weighted by Gasteiger charge is 2.33. The predicted octanol–water partition coefficient (Wildman–Crippen LogP) is 18.1. The molecule has 0 aliphatic rings. The number of fused-ring (bicyclic) bond motifs is 18. The number of nitrogens with zero attached hydrogens (tertiary/aromatic N) is 5. The fourth-order valence-electron chi connectivity index (χ4n) is 13.1. The summed E-state index contributed by atoms with van der Waals surface area (Å²) in [5.74, 6) is 0. The van der Waals surface area contributed by atoms with E-state index < -0.39 is 0 Å². The van der Waals surface area contributed by atoms with Gasteiger partial charge in [0.25, 0.3) is 0 Å². The molecular formula is C68H39N5O2. The maximum atomic E-state index is 12.7. The number of aromatic nitrogens is 4. The summed E-state index contributed by atoms with van der Waals surface area (Å²) in [6, 6.07) is 80.5. The number of hydrogen-bond donors (Lipinski definition) is 0. The summed E-state index contributed by atoms with van der Waals surface area (Å²) < 4.78 is 22.9. The molecule has 0 atom stereocenters. The largest absolute Gasteiger partial charge is 0.456 e. The molecule has 17 rings (SSSR count). The summed E-state index contributed by atoms with van der Waals surface area (Å²) in [5.41, 5.74) is 16.3. The molecule has 6 heterocycles. The molecule has 0 aliphatic heterocycles. The predicted molar refractivity (Wildman–Crippen MR) is 308 cm³/mol. The van der Waals surface area contributed by atoms with E-state index >= 15 is 0 Å². The van der Waals surface area contributed by atoms with Gasteiger partial charge in [0.05, 0.1) is 66.9 Å². The van der Waals surface area contributed by atoms with Crippen molar-refractivity contribution in [3.8, 4) is 28.8 Å². The van der Waals surface area contributed by atoms with Crippen molar-refractivity contribution in [3.05, 3.63) is 230 Å². The minimum atomic E-state index is 0.533. The van der Waals surface area contributed by atoms with Gasteiger partial charge in [-0.25, -0.2) is 0 Å². The average Bonchev–Trinajstić information content (AvgIpc) is 4.30. The van der Waals surface area contributed by atoms with Crippen LogP contribution < -0.4 is 0 Å². The molecule has 17 aromatic rings. The van der Waals surface area contributed by atoms with Crippen LogP contribution in [0.5, 0.6) is 0 Å². The van der Waals surface area contributed by atoms with Crippen molar-refractivity contribution in [2.24, 2.45) is 0 Å². The number of hydrogen-bond acceptors (Lipinski definition) is 3. The minimum Gasteiger partial charge on any atom is -0.456 e. The van der Waals surface area contributed by atoms with Crippen molar-refractivity contribution in [1.29, 1.82) is 5.26 Å². The van der Waals surface area contributed by atoms with Gasteiger partial charge in [0, 0.05) is 70.2 Å². The molecule has 75 heavy (non-hydrogen) atoms. The number of benzene rings is 11. The van der Waals surface area contributed by atoms with Gasteiger partial charge in [0.15, 0.2) is 0 Å². The standard InChI is InChI=1S/C68H39N5O2/c1-39-65(72-57-30-14-6-22-44(57)48-36-63-50(34-59(48)72)46-24-8-16-32-61(46)74-63)67(70-53-26-10-2-18-40(53)41-19-3-11-27-54(41)70)52(38-69)68(71-55-28-12-4-20-42(55)43-21-5-13-29-56(43)71)66(39)73-58-31-15-7-23-45(58)49-37-64-51(35-60(49)73)47-25-9-17-33-62(47)75-64/h2-37H,1H3. The molecule has 0 fully saturated rings. The molecule has 0 spiro atoms. The van der Waals surface area contributed by atoms with Crippen LogP contribution in [-0.4, -0.2) is 18.3 Å². The summed E-state index contributed by atoms with van der Waals surface area (Å²) in [5, 5.41) is 25.6. The van der Waals surface area contributed by atoms with Gasteiger partial charge in [-0.05, 0) is 79.7 Å². The summed E-state index contributed by atoms with van der Waals surface area (Å²) in [6.07, 6.45) is 0. The Morgan fingerprint density at radius 3 is 0.893 bits per heavy atom. The third-order valence-electron chi connectivity index (χ3n) is 16.1. The fraction of sp³-hybridized carbons (Fsp3) is 0.0147. The highest BCUT2D eigenvalue weighted by Crippen LogP contribution is 2.50. The first-order valence-electron chi connectivity index (χ1n) is 25.4. The number of para-hydroxylation sites is 8. The third-order valence-corrected chi connectivity index (χ3v) is 16.1.